The van der Waals surface area contributed by atoms with Crippen molar-refractivity contribution >= 4 is 10.9 Å². The van der Waals surface area contributed by atoms with Gasteiger partial charge in [0.25, 0.3) is 0 Å². The zero-order chi connectivity index (χ0) is 13.9. The Bertz CT molecular complexity index is 736. The molecule has 0 spiro atoms. The molecule has 0 bridgehead atoms. The summed E-state index contributed by atoms with van der Waals surface area (Å²) in [6, 6.07) is 10.1. The monoisotopic (exact) mass is 268 g/mol. The number of pyridine rings is 1. The summed E-state index contributed by atoms with van der Waals surface area (Å²) in [7, 11) is 0. The van der Waals surface area contributed by atoms with Gasteiger partial charge in [-0.3, -0.25) is 4.98 Å². The highest BCUT2D eigenvalue weighted by molar-refractivity contribution is 5.86. The van der Waals surface area contributed by atoms with E-state index in [0.29, 0.717) is 6.42 Å². The van der Waals surface area contributed by atoms with Crippen molar-refractivity contribution in [3.63, 3.8) is 0 Å². The number of benzene rings is 1. The minimum Gasteiger partial charge on any atom is -0.396 e. The molecule has 0 atom stereocenters. The molecule has 0 fully saturated rings. The van der Waals surface area contributed by atoms with Gasteiger partial charge in [-0.25, -0.2) is 4.68 Å². The van der Waals surface area contributed by atoms with Crippen LogP contribution >= 0.6 is 0 Å². The lowest BCUT2D eigenvalue weighted by Gasteiger charge is -2.05. The average Bonchev–Trinajstić information content (AvgIpc) is 2.93. The lowest BCUT2D eigenvalue weighted by atomic mass is 10.2. The third kappa shape index (κ3) is 2.40. The van der Waals surface area contributed by atoms with Crippen LogP contribution in [0.5, 0.6) is 0 Å². The number of aliphatic hydroxyl groups excluding tert-OH is 1. The predicted octanol–water partition coefficient (Wildman–Crippen LogP) is 2.05. The Kier molecular flexibility index (Phi) is 3.43. The van der Waals surface area contributed by atoms with Crippen molar-refractivity contribution in [1.29, 1.82) is 0 Å². The van der Waals surface area contributed by atoms with Crippen molar-refractivity contribution in [3.8, 4) is 5.69 Å². The Labute approximate surface area is 116 Å². The molecule has 0 saturated carbocycles. The van der Waals surface area contributed by atoms with Crippen molar-refractivity contribution in [2.24, 2.45) is 0 Å². The highest BCUT2D eigenvalue weighted by atomic mass is 16.2. The summed E-state index contributed by atoms with van der Waals surface area (Å²) in [6.07, 6.45) is 3.33. The van der Waals surface area contributed by atoms with Gasteiger partial charge < -0.3 is 5.11 Å². The van der Waals surface area contributed by atoms with E-state index >= 15 is 0 Å². The standard InChI is InChI=1S/C15H16N4O/c1-11-7-8-12-4-2-6-14(15(12)16-11)19-10-13(17-18-19)5-3-9-20/h2,4,6-8,10,20H,3,5,9H2,1H3. The predicted molar refractivity (Wildman–Crippen MR) is 76.8 cm³/mol. The minimum atomic E-state index is 0.169. The van der Waals surface area contributed by atoms with Gasteiger partial charge in [0.05, 0.1) is 23.1 Å². The van der Waals surface area contributed by atoms with Crippen LogP contribution in [0.2, 0.25) is 0 Å². The van der Waals surface area contributed by atoms with Crippen LogP contribution in [0, 0.1) is 6.92 Å². The van der Waals surface area contributed by atoms with E-state index in [1.165, 1.54) is 0 Å². The molecule has 0 aliphatic heterocycles. The van der Waals surface area contributed by atoms with E-state index in [2.05, 4.69) is 21.4 Å². The van der Waals surface area contributed by atoms with Gasteiger partial charge in [0, 0.05) is 17.7 Å². The zero-order valence-electron chi connectivity index (χ0n) is 11.3. The molecule has 0 aliphatic carbocycles. The summed E-state index contributed by atoms with van der Waals surface area (Å²) < 4.78 is 1.75. The SMILES string of the molecule is Cc1ccc2cccc(-n3cc(CCCO)nn3)c2n1. The summed E-state index contributed by atoms with van der Waals surface area (Å²) in [5.74, 6) is 0. The molecule has 5 heteroatoms. The van der Waals surface area contributed by atoms with Crippen LogP contribution in [0.3, 0.4) is 0 Å². The Morgan fingerprint density at radius 2 is 2.10 bits per heavy atom. The molecule has 20 heavy (non-hydrogen) atoms. The molecular formula is C15H16N4O. The van der Waals surface area contributed by atoms with E-state index in [1.807, 2.05) is 37.4 Å². The quantitative estimate of drug-likeness (QED) is 0.786. The van der Waals surface area contributed by atoms with Gasteiger partial charge >= 0.3 is 0 Å². The molecule has 1 N–H and O–H groups in total. The number of aryl methyl sites for hydroxylation is 2. The van der Waals surface area contributed by atoms with Crippen molar-refractivity contribution in [2.45, 2.75) is 19.8 Å². The fraction of sp³-hybridized carbons (Fsp3) is 0.267. The van der Waals surface area contributed by atoms with E-state index < -0.39 is 0 Å². The lowest BCUT2D eigenvalue weighted by Crippen LogP contribution is -1.98. The molecule has 3 aromatic rings. The van der Waals surface area contributed by atoms with E-state index in [9.17, 15) is 0 Å². The van der Waals surface area contributed by atoms with Gasteiger partial charge in [0.1, 0.15) is 0 Å². The summed E-state index contributed by atoms with van der Waals surface area (Å²) in [6.45, 7) is 2.14. The molecule has 2 aromatic heterocycles. The highest BCUT2D eigenvalue weighted by Crippen LogP contribution is 2.20. The van der Waals surface area contributed by atoms with E-state index in [-0.39, 0.29) is 6.61 Å². The van der Waals surface area contributed by atoms with Crippen LogP contribution in [0.1, 0.15) is 17.8 Å². The first-order chi connectivity index (χ1) is 9.78. The first kappa shape index (κ1) is 12.7. The molecule has 1 aromatic carbocycles. The maximum Gasteiger partial charge on any atom is 0.0962 e. The van der Waals surface area contributed by atoms with Gasteiger partial charge in [0.2, 0.25) is 0 Å². The number of hydrogen-bond donors (Lipinski definition) is 1. The van der Waals surface area contributed by atoms with Gasteiger partial charge in [-0.15, -0.1) is 5.10 Å². The molecule has 102 valence electrons. The first-order valence-electron chi connectivity index (χ1n) is 6.67. The topological polar surface area (TPSA) is 63.8 Å². The summed E-state index contributed by atoms with van der Waals surface area (Å²) in [4.78, 5) is 4.59. The van der Waals surface area contributed by atoms with Crippen molar-refractivity contribution in [2.75, 3.05) is 6.61 Å². The van der Waals surface area contributed by atoms with Crippen LogP contribution in [-0.4, -0.2) is 31.7 Å². The van der Waals surface area contributed by atoms with Crippen LogP contribution in [-0.2, 0) is 6.42 Å². The maximum absolute atomic E-state index is 8.86. The summed E-state index contributed by atoms with van der Waals surface area (Å²) in [5, 5.41) is 18.2. The zero-order valence-corrected chi connectivity index (χ0v) is 11.3. The van der Waals surface area contributed by atoms with E-state index in [4.69, 9.17) is 5.11 Å². The van der Waals surface area contributed by atoms with Gasteiger partial charge in [-0.05, 0) is 31.9 Å². The average molecular weight is 268 g/mol. The molecule has 0 unspecified atom stereocenters. The van der Waals surface area contributed by atoms with Crippen molar-refractivity contribution in [1.82, 2.24) is 20.0 Å². The van der Waals surface area contributed by atoms with Crippen LogP contribution in [0.4, 0.5) is 0 Å². The second kappa shape index (κ2) is 5.38. The van der Waals surface area contributed by atoms with E-state index in [0.717, 1.165) is 34.4 Å². The Hall–Kier alpha value is -2.27. The van der Waals surface area contributed by atoms with Crippen LogP contribution in [0.25, 0.3) is 16.6 Å². The van der Waals surface area contributed by atoms with E-state index in [1.54, 1.807) is 4.68 Å². The second-order valence-corrected chi connectivity index (χ2v) is 4.78. The maximum atomic E-state index is 8.86. The number of aromatic nitrogens is 4. The third-order valence-electron chi connectivity index (χ3n) is 3.22. The summed E-state index contributed by atoms with van der Waals surface area (Å²) >= 11 is 0. The Morgan fingerprint density at radius 1 is 1.20 bits per heavy atom. The molecule has 0 amide bonds. The lowest BCUT2D eigenvalue weighted by molar-refractivity contribution is 0.288. The smallest absolute Gasteiger partial charge is 0.0962 e. The Balaban J connectivity index is 2.05. The molecule has 0 saturated heterocycles. The van der Waals surface area contributed by atoms with Gasteiger partial charge in [-0.1, -0.05) is 23.4 Å². The molecule has 5 nitrogen and oxygen atoms in total. The van der Waals surface area contributed by atoms with Crippen LogP contribution < -0.4 is 0 Å². The molecular weight excluding hydrogens is 252 g/mol. The molecule has 0 radical (unpaired) electrons. The fourth-order valence-corrected chi connectivity index (χ4v) is 2.20. The number of nitrogens with zero attached hydrogens (tertiary/aromatic N) is 4. The second-order valence-electron chi connectivity index (χ2n) is 4.78. The van der Waals surface area contributed by atoms with Gasteiger partial charge in [-0.2, -0.15) is 0 Å². The third-order valence-corrected chi connectivity index (χ3v) is 3.22. The van der Waals surface area contributed by atoms with Crippen molar-refractivity contribution in [3.05, 3.63) is 47.9 Å². The molecule has 3 rings (SSSR count). The highest BCUT2D eigenvalue weighted by Gasteiger charge is 2.07. The number of aliphatic hydroxyl groups is 1. The largest absolute Gasteiger partial charge is 0.396 e. The van der Waals surface area contributed by atoms with Crippen LogP contribution in [0.15, 0.2) is 36.5 Å². The number of hydrogen-bond acceptors (Lipinski definition) is 4. The van der Waals surface area contributed by atoms with Gasteiger partial charge in [0.15, 0.2) is 0 Å². The summed E-state index contributed by atoms with van der Waals surface area (Å²) in [5.41, 5.74) is 3.70. The minimum absolute atomic E-state index is 0.169. The number of fused-ring (bicyclic) bond motifs is 1. The molecule has 0 aliphatic rings. The number of rotatable bonds is 4. The normalized spacial score (nSPS) is 11.1. The molecule has 2 heterocycles. The first-order valence-corrected chi connectivity index (χ1v) is 6.67. The number of para-hydroxylation sites is 1. The fourth-order valence-electron chi connectivity index (χ4n) is 2.20. The van der Waals surface area contributed by atoms with Crippen molar-refractivity contribution < 1.29 is 5.11 Å². The Morgan fingerprint density at radius 3 is 2.95 bits per heavy atom.